The summed E-state index contributed by atoms with van der Waals surface area (Å²) in [5.41, 5.74) is 4.08. The molecule has 1 aliphatic rings. The first-order valence-corrected chi connectivity index (χ1v) is 10.3. The summed E-state index contributed by atoms with van der Waals surface area (Å²) in [5, 5.41) is 5.65. The van der Waals surface area contributed by atoms with Gasteiger partial charge in [0.15, 0.2) is 10.8 Å². The molecule has 1 N–H and O–H groups in total. The number of rotatable bonds is 4. The predicted molar refractivity (Wildman–Crippen MR) is 110 cm³/mol. The van der Waals surface area contributed by atoms with Gasteiger partial charge in [0.25, 0.3) is 0 Å². The van der Waals surface area contributed by atoms with E-state index < -0.39 is 18.2 Å². The highest BCUT2D eigenvalue weighted by Gasteiger charge is 2.35. The number of hydrogen-bond donors (Lipinski definition) is 1. The number of aromatic nitrogens is 4. The molecule has 0 saturated heterocycles. The summed E-state index contributed by atoms with van der Waals surface area (Å²) in [5.74, 6) is -0.452. The van der Waals surface area contributed by atoms with E-state index in [9.17, 15) is 9.18 Å². The van der Waals surface area contributed by atoms with Crippen molar-refractivity contribution in [2.75, 3.05) is 6.61 Å². The first-order chi connectivity index (χ1) is 13.3. The minimum atomic E-state index is -1.01. The summed E-state index contributed by atoms with van der Waals surface area (Å²) in [7, 11) is 0. The van der Waals surface area contributed by atoms with Crippen molar-refractivity contribution in [2.24, 2.45) is 0 Å². The van der Waals surface area contributed by atoms with Crippen LogP contribution in [0, 0.1) is 18.6 Å². The first kappa shape index (κ1) is 19.3. The Hall–Kier alpha value is -2.00. The maximum absolute atomic E-state index is 14.0. The fraction of sp³-hybridized carbons (Fsp3) is 0.421. The summed E-state index contributed by atoms with van der Waals surface area (Å²) in [6.07, 6.45) is 1.04. The molecule has 0 spiro atoms. The Morgan fingerprint density at radius 2 is 2.29 bits per heavy atom. The van der Waals surface area contributed by atoms with Crippen LogP contribution in [0.5, 0.6) is 0 Å². The standard InChI is InChI=1S/C19H20BrFN4O2S/c1-4-27-18(26)17(16-14-6-11(21)7-24(14)19(28)22-16)25-8-12-9(2)5-13(20)10(3)15(12)23-25/h5,8,11,17H,4,6-7H2,1-3H3,(H,22,28). The van der Waals surface area contributed by atoms with Gasteiger partial charge in [0.1, 0.15) is 6.17 Å². The van der Waals surface area contributed by atoms with Crippen LogP contribution in [0.4, 0.5) is 4.39 Å². The lowest BCUT2D eigenvalue weighted by Gasteiger charge is -2.16. The molecule has 2 unspecified atom stereocenters. The van der Waals surface area contributed by atoms with E-state index in [0.717, 1.165) is 26.5 Å². The molecule has 3 aromatic rings. The molecule has 28 heavy (non-hydrogen) atoms. The largest absolute Gasteiger partial charge is 0.464 e. The smallest absolute Gasteiger partial charge is 0.337 e. The van der Waals surface area contributed by atoms with Gasteiger partial charge in [0.2, 0.25) is 0 Å². The zero-order valence-electron chi connectivity index (χ0n) is 15.8. The topological polar surface area (TPSA) is 64.8 Å². The van der Waals surface area contributed by atoms with Gasteiger partial charge < -0.3 is 14.3 Å². The summed E-state index contributed by atoms with van der Waals surface area (Å²) >= 11 is 8.91. The lowest BCUT2D eigenvalue weighted by atomic mass is 10.1. The predicted octanol–water partition coefficient (Wildman–Crippen LogP) is 4.32. The van der Waals surface area contributed by atoms with Crippen molar-refractivity contribution in [3.63, 3.8) is 0 Å². The van der Waals surface area contributed by atoms with E-state index in [1.165, 1.54) is 0 Å². The van der Waals surface area contributed by atoms with E-state index in [2.05, 4.69) is 20.9 Å². The van der Waals surface area contributed by atoms with Crippen molar-refractivity contribution in [3.8, 4) is 0 Å². The number of nitrogens with one attached hydrogen (secondary N) is 1. The van der Waals surface area contributed by atoms with E-state index in [0.29, 0.717) is 16.2 Å². The molecule has 2 aromatic heterocycles. The number of imidazole rings is 1. The minimum Gasteiger partial charge on any atom is -0.464 e. The Labute approximate surface area is 174 Å². The van der Waals surface area contributed by atoms with Crippen molar-refractivity contribution in [2.45, 2.75) is 46.0 Å². The van der Waals surface area contributed by atoms with Gasteiger partial charge in [-0.1, -0.05) is 15.9 Å². The van der Waals surface area contributed by atoms with Crippen LogP contribution in [0.3, 0.4) is 0 Å². The number of nitrogens with zero attached hydrogens (tertiary/aromatic N) is 3. The molecule has 0 fully saturated rings. The molecule has 4 rings (SSSR count). The Morgan fingerprint density at radius 1 is 1.54 bits per heavy atom. The number of carbonyl (C=O) groups excluding carboxylic acids is 1. The van der Waals surface area contributed by atoms with E-state index in [1.807, 2.05) is 26.1 Å². The number of alkyl halides is 1. The number of fused-ring (bicyclic) bond motifs is 2. The normalized spacial score (nSPS) is 17.1. The van der Waals surface area contributed by atoms with Crippen LogP contribution in [0.2, 0.25) is 0 Å². The van der Waals surface area contributed by atoms with Crippen LogP contribution in [0.25, 0.3) is 10.9 Å². The molecule has 0 saturated carbocycles. The minimum absolute atomic E-state index is 0.201. The SMILES string of the molecule is CCOC(=O)C(c1[nH]c(=S)n2c1CC(F)C2)n1cc2c(C)cc(Br)c(C)c2n1. The summed E-state index contributed by atoms with van der Waals surface area (Å²) < 4.78 is 24.0. The van der Waals surface area contributed by atoms with Gasteiger partial charge >= 0.3 is 5.97 Å². The Bertz CT molecular complexity index is 1150. The molecular weight excluding hydrogens is 447 g/mol. The number of esters is 1. The van der Waals surface area contributed by atoms with Gasteiger partial charge in [-0.05, 0) is 50.2 Å². The van der Waals surface area contributed by atoms with E-state index in [-0.39, 0.29) is 19.6 Å². The Morgan fingerprint density at radius 3 is 3.00 bits per heavy atom. The van der Waals surface area contributed by atoms with Crippen molar-refractivity contribution >= 4 is 45.0 Å². The number of H-pyrrole nitrogens is 1. The number of aryl methyl sites for hydroxylation is 2. The third kappa shape index (κ3) is 3.00. The molecule has 1 aliphatic heterocycles. The average Bonchev–Trinajstić information content (AvgIpc) is 3.30. The molecule has 0 amide bonds. The maximum atomic E-state index is 14.0. The molecule has 9 heteroatoms. The molecular formula is C19H20BrFN4O2S. The van der Waals surface area contributed by atoms with Crippen molar-refractivity contribution in [1.29, 1.82) is 0 Å². The molecule has 148 valence electrons. The van der Waals surface area contributed by atoms with Crippen LogP contribution < -0.4 is 0 Å². The highest BCUT2D eigenvalue weighted by Crippen LogP contribution is 2.32. The molecule has 6 nitrogen and oxygen atoms in total. The molecule has 0 radical (unpaired) electrons. The quantitative estimate of drug-likeness (QED) is 0.459. The highest BCUT2D eigenvalue weighted by molar-refractivity contribution is 9.10. The maximum Gasteiger partial charge on any atom is 0.337 e. The van der Waals surface area contributed by atoms with Gasteiger partial charge in [-0.25, -0.2) is 9.18 Å². The molecule has 3 heterocycles. The van der Waals surface area contributed by atoms with Gasteiger partial charge in [-0.3, -0.25) is 4.68 Å². The zero-order chi connectivity index (χ0) is 20.2. The number of ether oxygens (including phenoxy) is 1. The average molecular weight is 467 g/mol. The zero-order valence-corrected chi connectivity index (χ0v) is 18.2. The number of hydrogen-bond acceptors (Lipinski definition) is 4. The summed E-state index contributed by atoms with van der Waals surface area (Å²) in [6, 6.07) is 1.17. The fourth-order valence-electron chi connectivity index (χ4n) is 3.79. The van der Waals surface area contributed by atoms with Gasteiger partial charge in [-0.2, -0.15) is 5.10 Å². The van der Waals surface area contributed by atoms with Crippen LogP contribution in [0.15, 0.2) is 16.7 Å². The van der Waals surface area contributed by atoms with E-state index >= 15 is 0 Å². The third-order valence-electron chi connectivity index (χ3n) is 5.18. The van der Waals surface area contributed by atoms with Crippen LogP contribution in [-0.4, -0.2) is 38.1 Å². The second kappa shape index (κ2) is 7.11. The van der Waals surface area contributed by atoms with Gasteiger partial charge in [-0.15, -0.1) is 0 Å². The van der Waals surface area contributed by atoms with Crippen molar-refractivity contribution in [1.82, 2.24) is 19.3 Å². The number of carbonyl (C=O) groups is 1. The van der Waals surface area contributed by atoms with Gasteiger partial charge in [0.05, 0.1) is 24.4 Å². The van der Waals surface area contributed by atoms with E-state index in [4.69, 9.17) is 22.1 Å². The second-order valence-electron chi connectivity index (χ2n) is 7.03. The number of benzene rings is 1. The Balaban J connectivity index is 1.92. The summed E-state index contributed by atoms with van der Waals surface area (Å²) in [6.45, 7) is 6.16. The number of aromatic amines is 1. The molecule has 2 atom stereocenters. The van der Waals surface area contributed by atoms with Crippen LogP contribution in [0.1, 0.15) is 35.5 Å². The second-order valence-corrected chi connectivity index (χ2v) is 8.27. The monoisotopic (exact) mass is 466 g/mol. The van der Waals surface area contributed by atoms with Crippen molar-refractivity contribution in [3.05, 3.63) is 44.0 Å². The Kier molecular flexibility index (Phi) is 4.91. The third-order valence-corrected chi connectivity index (χ3v) is 6.33. The first-order valence-electron chi connectivity index (χ1n) is 9.08. The van der Waals surface area contributed by atoms with Crippen LogP contribution in [-0.2, 0) is 22.5 Å². The van der Waals surface area contributed by atoms with Gasteiger partial charge in [0, 0.05) is 28.2 Å². The molecule has 1 aromatic carbocycles. The van der Waals surface area contributed by atoms with Crippen molar-refractivity contribution < 1.29 is 13.9 Å². The molecule has 0 bridgehead atoms. The lowest BCUT2D eigenvalue weighted by Crippen LogP contribution is -2.25. The van der Waals surface area contributed by atoms with Crippen LogP contribution >= 0.6 is 28.1 Å². The molecule has 0 aliphatic carbocycles. The summed E-state index contributed by atoms with van der Waals surface area (Å²) in [4.78, 5) is 16.0. The number of halogens is 2. The fourth-order valence-corrected chi connectivity index (χ4v) is 4.62. The van der Waals surface area contributed by atoms with E-state index in [1.54, 1.807) is 16.2 Å². The highest BCUT2D eigenvalue weighted by atomic mass is 79.9. The lowest BCUT2D eigenvalue weighted by molar-refractivity contribution is -0.146.